The highest BCUT2D eigenvalue weighted by Gasteiger charge is 2.35. The molecule has 35 heavy (non-hydrogen) atoms. The Hall–Kier alpha value is -2.82. The van der Waals surface area contributed by atoms with Gasteiger partial charge in [0.2, 0.25) is 0 Å². The van der Waals surface area contributed by atoms with Crippen molar-refractivity contribution < 1.29 is 9.53 Å². The van der Waals surface area contributed by atoms with Gasteiger partial charge in [0.1, 0.15) is 18.0 Å². The molecule has 0 radical (unpaired) electrons. The van der Waals surface area contributed by atoms with E-state index in [4.69, 9.17) is 9.72 Å². The molecule has 5 nitrogen and oxygen atoms in total. The molecule has 0 bridgehead atoms. The van der Waals surface area contributed by atoms with Crippen LogP contribution < -0.4 is 4.90 Å². The van der Waals surface area contributed by atoms with E-state index in [0.29, 0.717) is 17.8 Å². The summed E-state index contributed by atoms with van der Waals surface area (Å²) in [4.78, 5) is 20.8. The first-order valence-corrected chi connectivity index (χ1v) is 13.4. The average molecular weight is 476 g/mol. The average Bonchev–Trinajstić information content (AvgIpc) is 3.24. The Kier molecular flexibility index (Phi) is 7.83. The number of anilines is 1. The summed E-state index contributed by atoms with van der Waals surface area (Å²) < 4.78 is 8.30. The van der Waals surface area contributed by atoms with Gasteiger partial charge in [0.05, 0.1) is 11.0 Å². The number of carbonyl (C=O) groups is 1. The molecule has 3 aromatic rings. The summed E-state index contributed by atoms with van der Waals surface area (Å²) in [6.45, 7) is 15.0. The highest BCUT2D eigenvalue weighted by atomic mass is 16.5. The Morgan fingerprint density at radius 2 is 1.74 bits per heavy atom. The van der Waals surface area contributed by atoms with Gasteiger partial charge in [-0.1, -0.05) is 39.3 Å². The molecule has 0 amide bonds. The number of benzene rings is 2. The highest BCUT2D eigenvalue weighted by Crippen LogP contribution is 2.37. The molecule has 1 unspecified atom stereocenters. The summed E-state index contributed by atoms with van der Waals surface area (Å²) in [5, 5.41) is 0. The second kappa shape index (κ2) is 10.8. The minimum atomic E-state index is -0.468. The third-order valence-electron chi connectivity index (χ3n) is 7.81. The van der Waals surface area contributed by atoms with Gasteiger partial charge in [0.15, 0.2) is 0 Å². The fourth-order valence-electron chi connectivity index (χ4n) is 5.65. The SMILES string of the molecule is CCN(CC)c1ccc(-c2nc3ccccc3n2[C@H](C)C(=O)O[C@@H]2C[C@H](C)CCC2C(C)C)cc1. The maximum atomic E-state index is 13.6. The minimum absolute atomic E-state index is 0.0136. The van der Waals surface area contributed by atoms with Gasteiger partial charge in [-0.3, -0.25) is 0 Å². The van der Waals surface area contributed by atoms with Crippen LogP contribution in [-0.4, -0.2) is 34.7 Å². The summed E-state index contributed by atoms with van der Waals surface area (Å²) in [6, 6.07) is 16.1. The summed E-state index contributed by atoms with van der Waals surface area (Å²) in [6.07, 6.45) is 3.28. The monoisotopic (exact) mass is 475 g/mol. The molecule has 1 aromatic heterocycles. The number of esters is 1. The number of nitrogens with zero attached hydrogens (tertiary/aromatic N) is 3. The molecule has 0 spiro atoms. The molecule has 4 rings (SSSR count). The first kappa shape index (κ1) is 25.3. The van der Waals surface area contributed by atoms with E-state index in [1.807, 2.05) is 31.2 Å². The standard InChI is InChI=1S/C30H41N3O2/c1-7-32(8-2)24-16-14-23(15-17-24)29-31-26-11-9-10-12-27(26)33(29)22(6)30(34)35-28-19-21(5)13-18-25(28)20(3)4/h9-12,14-17,20-22,25,28H,7-8,13,18-19H2,1-6H3/t21-,22-,25?,28-/m1/s1. The van der Waals surface area contributed by atoms with E-state index < -0.39 is 6.04 Å². The molecule has 5 heteroatoms. The first-order valence-electron chi connectivity index (χ1n) is 13.4. The van der Waals surface area contributed by atoms with Crippen molar-refractivity contribution in [1.82, 2.24) is 9.55 Å². The lowest BCUT2D eigenvalue weighted by Crippen LogP contribution is -2.37. The maximum absolute atomic E-state index is 13.6. The van der Waals surface area contributed by atoms with Crippen LogP contribution in [0.25, 0.3) is 22.4 Å². The zero-order valence-corrected chi connectivity index (χ0v) is 22.2. The van der Waals surface area contributed by atoms with Gasteiger partial charge in [-0.05, 0) is 87.8 Å². The molecule has 4 atom stereocenters. The first-order chi connectivity index (χ1) is 16.8. The Morgan fingerprint density at radius 3 is 2.40 bits per heavy atom. The number of aromatic nitrogens is 2. The number of para-hydroxylation sites is 2. The lowest BCUT2D eigenvalue weighted by molar-refractivity contribution is -0.159. The lowest BCUT2D eigenvalue weighted by Gasteiger charge is -2.37. The van der Waals surface area contributed by atoms with Crippen molar-refractivity contribution in [2.45, 2.75) is 73.0 Å². The molecular formula is C30H41N3O2. The molecule has 1 saturated carbocycles. The van der Waals surface area contributed by atoms with Crippen molar-refractivity contribution >= 4 is 22.7 Å². The lowest BCUT2D eigenvalue weighted by atomic mass is 9.75. The van der Waals surface area contributed by atoms with E-state index in [-0.39, 0.29) is 12.1 Å². The van der Waals surface area contributed by atoms with E-state index >= 15 is 0 Å². The van der Waals surface area contributed by atoms with Crippen molar-refractivity contribution in [3.63, 3.8) is 0 Å². The molecule has 1 heterocycles. The number of carbonyl (C=O) groups excluding carboxylic acids is 1. The van der Waals surface area contributed by atoms with Crippen LogP contribution in [0.2, 0.25) is 0 Å². The smallest absolute Gasteiger partial charge is 0.329 e. The third kappa shape index (κ3) is 5.24. The van der Waals surface area contributed by atoms with Crippen LogP contribution in [0.4, 0.5) is 5.69 Å². The quantitative estimate of drug-likeness (QED) is 0.326. The molecule has 0 saturated heterocycles. The van der Waals surface area contributed by atoms with E-state index in [2.05, 4.69) is 68.4 Å². The van der Waals surface area contributed by atoms with Crippen molar-refractivity contribution in [3.8, 4) is 11.4 Å². The van der Waals surface area contributed by atoms with Crippen LogP contribution in [0, 0.1) is 17.8 Å². The molecule has 0 N–H and O–H groups in total. The van der Waals surface area contributed by atoms with Gasteiger partial charge in [-0.2, -0.15) is 0 Å². The highest BCUT2D eigenvalue weighted by molar-refractivity contribution is 5.85. The summed E-state index contributed by atoms with van der Waals surface area (Å²) >= 11 is 0. The number of imidazole rings is 1. The minimum Gasteiger partial charge on any atom is -0.461 e. The van der Waals surface area contributed by atoms with Gasteiger partial charge in [0, 0.05) is 24.3 Å². The molecule has 2 aromatic carbocycles. The van der Waals surface area contributed by atoms with Crippen molar-refractivity contribution in [2.24, 2.45) is 17.8 Å². The molecule has 1 fully saturated rings. The topological polar surface area (TPSA) is 47.4 Å². The van der Waals surface area contributed by atoms with Crippen molar-refractivity contribution in [1.29, 1.82) is 0 Å². The summed E-state index contributed by atoms with van der Waals surface area (Å²) in [5.41, 5.74) is 4.04. The van der Waals surface area contributed by atoms with Crippen LogP contribution in [0.5, 0.6) is 0 Å². The van der Waals surface area contributed by atoms with E-state index in [0.717, 1.165) is 48.4 Å². The Balaban J connectivity index is 1.66. The fourth-order valence-corrected chi connectivity index (χ4v) is 5.65. The van der Waals surface area contributed by atoms with E-state index in [1.54, 1.807) is 0 Å². The van der Waals surface area contributed by atoms with E-state index in [1.165, 1.54) is 12.1 Å². The molecule has 1 aliphatic rings. The van der Waals surface area contributed by atoms with Crippen LogP contribution in [0.1, 0.15) is 66.8 Å². The van der Waals surface area contributed by atoms with Crippen molar-refractivity contribution in [3.05, 3.63) is 48.5 Å². The maximum Gasteiger partial charge on any atom is 0.329 e. The predicted octanol–water partition coefficient (Wildman–Crippen LogP) is 7.11. The normalized spacial score (nSPS) is 21.3. The second-order valence-electron chi connectivity index (χ2n) is 10.5. The van der Waals surface area contributed by atoms with E-state index in [9.17, 15) is 4.79 Å². The van der Waals surface area contributed by atoms with Crippen molar-refractivity contribution in [2.75, 3.05) is 18.0 Å². The Bertz CT molecular complexity index is 1130. The van der Waals surface area contributed by atoms with Crippen LogP contribution >= 0.6 is 0 Å². The van der Waals surface area contributed by atoms with Gasteiger partial charge in [0.25, 0.3) is 0 Å². The summed E-state index contributed by atoms with van der Waals surface area (Å²) in [7, 11) is 0. The number of hydrogen-bond donors (Lipinski definition) is 0. The third-order valence-corrected chi connectivity index (χ3v) is 7.81. The van der Waals surface area contributed by atoms with Gasteiger partial charge < -0.3 is 14.2 Å². The van der Waals surface area contributed by atoms with Gasteiger partial charge in [-0.15, -0.1) is 0 Å². The van der Waals surface area contributed by atoms with Gasteiger partial charge in [-0.25, -0.2) is 9.78 Å². The van der Waals surface area contributed by atoms with Crippen LogP contribution in [0.3, 0.4) is 0 Å². The zero-order valence-electron chi connectivity index (χ0n) is 22.2. The molecule has 0 aliphatic heterocycles. The molecular weight excluding hydrogens is 434 g/mol. The number of hydrogen-bond acceptors (Lipinski definition) is 4. The van der Waals surface area contributed by atoms with Crippen LogP contribution in [0.15, 0.2) is 48.5 Å². The summed E-state index contributed by atoms with van der Waals surface area (Å²) in [5.74, 6) is 2.16. The fraction of sp³-hybridized carbons (Fsp3) is 0.533. The second-order valence-corrected chi connectivity index (χ2v) is 10.5. The number of fused-ring (bicyclic) bond motifs is 1. The Morgan fingerprint density at radius 1 is 1.06 bits per heavy atom. The molecule has 188 valence electrons. The van der Waals surface area contributed by atoms with Gasteiger partial charge >= 0.3 is 5.97 Å². The predicted molar refractivity (Wildman–Crippen MR) is 145 cm³/mol. The number of rotatable bonds is 8. The molecule has 1 aliphatic carbocycles. The number of ether oxygens (including phenoxy) is 1. The Labute approximate surface area is 210 Å². The zero-order chi connectivity index (χ0) is 25.1. The van der Waals surface area contributed by atoms with Crippen LogP contribution in [-0.2, 0) is 9.53 Å². The largest absolute Gasteiger partial charge is 0.461 e.